The number of esters is 1. The molecule has 0 fully saturated rings. The average molecular weight is 327 g/mol. The number of carbonyl (C=O) groups is 1. The molecule has 0 amide bonds. The summed E-state index contributed by atoms with van der Waals surface area (Å²) in [5, 5.41) is 8.38. The molecule has 5 nitrogen and oxygen atoms in total. The van der Waals surface area contributed by atoms with Gasteiger partial charge in [-0.3, -0.25) is 4.79 Å². The zero-order chi connectivity index (χ0) is 15.4. The van der Waals surface area contributed by atoms with Crippen molar-refractivity contribution in [2.24, 2.45) is 5.92 Å². The van der Waals surface area contributed by atoms with Crippen molar-refractivity contribution in [2.45, 2.75) is 24.3 Å². The zero-order valence-corrected chi connectivity index (χ0v) is 13.4. The Morgan fingerprint density at radius 3 is 2.67 bits per heavy atom. The minimum absolute atomic E-state index is 0.0816. The molecule has 1 atom stereocenters. The number of aromatic nitrogens is 2. The lowest BCUT2D eigenvalue weighted by Gasteiger charge is -2.15. The smallest absolute Gasteiger partial charge is 0.319 e. The van der Waals surface area contributed by atoms with Crippen molar-refractivity contribution in [1.82, 2.24) is 10.2 Å². The summed E-state index contributed by atoms with van der Waals surface area (Å²) < 4.78 is 10.4. The van der Waals surface area contributed by atoms with Gasteiger partial charge in [-0.25, -0.2) is 0 Å². The number of thioether (sulfide) groups is 1. The molecule has 1 aromatic carbocycles. The quantitative estimate of drug-likeness (QED) is 0.617. The van der Waals surface area contributed by atoms with Crippen molar-refractivity contribution in [3.63, 3.8) is 0 Å². The second kappa shape index (κ2) is 6.95. The Morgan fingerprint density at radius 2 is 2.05 bits per heavy atom. The van der Waals surface area contributed by atoms with Gasteiger partial charge in [-0.15, -0.1) is 10.2 Å². The molecule has 2 aromatic rings. The maximum absolute atomic E-state index is 11.7. The number of ether oxygens (including phenoxy) is 1. The molecule has 0 saturated carbocycles. The third kappa shape index (κ3) is 3.77. The minimum Gasteiger partial charge on any atom is -0.468 e. The molecular weight excluding hydrogens is 312 g/mol. The second-order valence-corrected chi connectivity index (χ2v) is 6.16. The fraction of sp³-hybridized carbons (Fsp3) is 0.357. The van der Waals surface area contributed by atoms with Crippen LogP contribution in [0, 0.1) is 5.92 Å². The van der Waals surface area contributed by atoms with Crippen molar-refractivity contribution in [1.29, 1.82) is 0 Å². The molecule has 0 unspecified atom stereocenters. The molecule has 1 heterocycles. The van der Waals surface area contributed by atoms with E-state index in [4.69, 9.17) is 20.8 Å². The van der Waals surface area contributed by atoms with Crippen molar-refractivity contribution >= 4 is 29.3 Å². The maximum atomic E-state index is 11.7. The molecule has 2 rings (SSSR count). The maximum Gasteiger partial charge on any atom is 0.319 e. The Hall–Kier alpha value is -1.53. The predicted molar refractivity (Wildman–Crippen MR) is 81.2 cm³/mol. The van der Waals surface area contributed by atoms with Crippen LogP contribution in [-0.2, 0) is 9.53 Å². The Balaban J connectivity index is 2.20. The van der Waals surface area contributed by atoms with E-state index in [0.29, 0.717) is 21.7 Å². The summed E-state index contributed by atoms with van der Waals surface area (Å²) >= 11 is 7.28. The van der Waals surface area contributed by atoms with E-state index in [1.807, 2.05) is 26.0 Å². The topological polar surface area (TPSA) is 65.2 Å². The summed E-state index contributed by atoms with van der Waals surface area (Å²) in [7, 11) is 1.36. The van der Waals surface area contributed by atoms with Crippen LogP contribution in [0.2, 0.25) is 5.02 Å². The highest BCUT2D eigenvalue weighted by molar-refractivity contribution is 8.00. The highest BCUT2D eigenvalue weighted by Crippen LogP contribution is 2.32. The Bertz CT molecular complexity index is 630. The second-order valence-electron chi connectivity index (χ2n) is 4.66. The van der Waals surface area contributed by atoms with Crippen LogP contribution < -0.4 is 0 Å². The Labute approximate surface area is 132 Å². The fourth-order valence-electron chi connectivity index (χ4n) is 1.68. The summed E-state index contributed by atoms with van der Waals surface area (Å²) in [6.45, 7) is 3.86. The predicted octanol–water partition coefficient (Wildman–Crippen LogP) is 3.68. The molecule has 0 aliphatic rings. The highest BCUT2D eigenvalue weighted by Gasteiger charge is 2.27. The first kappa shape index (κ1) is 15.9. The standard InChI is InChI=1S/C14H15ClN2O3S/c1-8(2)11(13(18)19-3)21-14-17-16-12(20-14)9-6-4-5-7-10(9)15/h4-8,11H,1-3H3/t11-/m1/s1. The van der Waals surface area contributed by atoms with Crippen LogP contribution in [0.25, 0.3) is 11.5 Å². The molecule has 0 N–H and O–H groups in total. The van der Waals surface area contributed by atoms with Crippen LogP contribution >= 0.6 is 23.4 Å². The van der Waals surface area contributed by atoms with Gasteiger partial charge in [0.1, 0.15) is 5.25 Å². The lowest BCUT2D eigenvalue weighted by Crippen LogP contribution is -2.24. The molecule has 7 heteroatoms. The normalized spacial score (nSPS) is 12.4. The molecule has 21 heavy (non-hydrogen) atoms. The van der Waals surface area contributed by atoms with Crippen molar-refractivity contribution in [3.8, 4) is 11.5 Å². The van der Waals surface area contributed by atoms with Crippen LogP contribution in [0.3, 0.4) is 0 Å². The van der Waals surface area contributed by atoms with Gasteiger partial charge in [-0.1, -0.05) is 37.6 Å². The lowest BCUT2D eigenvalue weighted by atomic mass is 10.1. The van der Waals surface area contributed by atoms with E-state index in [2.05, 4.69) is 10.2 Å². The van der Waals surface area contributed by atoms with Crippen molar-refractivity contribution < 1.29 is 13.9 Å². The van der Waals surface area contributed by atoms with Gasteiger partial charge in [0.2, 0.25) is 5.89 Å². The van der Waals surface area contributed by atoms with Crippen molar-refractivity contribution in [2.75, 3.05) is 7.11 Å². The van der Waals surface area contributed by atoms with E-state index in [0.717, 1.165) is 0 Å². The summed E-state index contributed by atoms with van der Waals surface area (Å²) in [6, 6.07) is 7.21. The highest BCUT2D eigenvalue weighted by atomic mass is 35.5. The van der Waals surface area contributed by atoms with Gasteiger partial charge >= 0.3 is 5.97 Å². The number of hydrogen-bond donors (Lipinski definition) is 0. The Morgan fingerprint density at radius 1 is 1.33 bits per heavy atom. The number of carbonyl (C=O) groups excluding carboxylic acids is 1. The zero-order valence-electron chi connectivity index (χ0n) is 11.9. The monoisotopic (exact) mass is 326 g/mol. The largest absolute Gasteiger partial charge is 0.468 e. The summed E-state index contributed by atoms with van der Waals surface area (Å²) in [5.74, 6) is 0.0982. The summed E-state index contributed by atoms with van der Waals surface area (Å²) in [6.07, 6.45) is 0. The molecule has 112 valence electrons. The number of rotatable bonds is 5. The van der Waals surface area contributed by atoms with Crippen molar-refractivity contribution in [3.05, 3.63) is 29.3 Å². The number of methoxy groups -OCH3 is 1. The summed E-state index contributed by atoms with van der Waals surface area (Å²) in [4.78, 5) is 11.7. The third-order valence-electron chi connectivity index (χ3n) is 2.78. The SMILES string of the molecule is COC(=O)[C@H](Sc1nnc(-c2ccccc2Cl)o1)C(C)C. The fourth-order valence-corrected chi connectivity index (χ4v) is 2.80. The van der Waals surface area contributed by atoms with Gasteiger partial charge in [-0.2, -0.15) is 0 Å². The molecule has 0 bridgehead atoms. The van der Waals surface area contributed by atoms with Gasteiger partial charge in [0.15, 0.2) is 0 Å². The lowest BCUT2D eigenvalue weighted by molar-refractivity contribution is -0.140. The molecular formula is C14H15ClN2O3S. The van der Waals surface area contributed by atoms with E-state index < -0.39 is 5.25 Å². The third-order valence-corrected chi connectivity index (χ3v) is 4.46. The number of benzene rings is 1. The number of halogens is 1. The van der Waals surface area contributed by atoms with Gasteiger partial charge in [0.25, 0.3) is 5.22 Å². The first-order valence-electron chi connectivity index (χ1n) is 6.35. The Kier molecular flexibility index (Phi) is 5.25. The van der Waals surface area contributed by atoms with E-state index in [9.17, 15) is 4.79 Å². The molecule has 0 aliphatic carbocycles. The molecule has 0 saturated heterocycles. The number of hydrogen-bond acceptors (Lipinski definition) is 6. The molecule has 0 spiro atoms. The number of nitrogens with zero attached hydrogens (tertiary/aromatic N) is 2. The van der Waals surface area contributed by atoms with E-state index in [-0.39, 0.29) is 11.9 Å². The van der Waals surface area contributed by atoms with Crippen LogP contribution in [0.5, 0.6) is 0 Å². The first-order valence-corrected chi connectivity index (χ1v) is 7.61. The van der Waals surface area contributed by atoms with Gasteiger partial charge < -0.3 is 9.15 Å². The van der Waals surface area contributed by atoms with E-state index in [1.54, 1.807) is 12.1 Å². The van der Waals surface area contributed by atoms with Crippen LogP contribution in [-0.4, -0.2) is 28.5 Å². The van der Waals surface area contributed by atoms with Gasteiger partial charge in [-0.05, 0) is 29.8 Å². The first-order chi connectivity index (χ1) is 10.0. The van der Waals surface area contributed by atoms with Gasteiger partial charge in [0, 0.05) is 0 Å². The molecule has 1 aromatic heterocycles. The van der Waals surface area contributed by atoms with Crippen LogP contribution in [0.15, 0.2) is 33.9 Å². The molecule has 0 radical (unpaired) electrons. The van der Waals surface area contributed by atoms with Crippen LogP contribution in [0.1, 0.15) is 13.8 Å². The average Bonchev–Trinajstić information content (AvgIpc) is 2.92. The molecule has 0 aliphatic heterocycles. The van der Waals surface area contributed by atoms with Gasteiger partial charge in [0.05, 0.1) is 17.7 Å². The van der Waals surface area contributed by atoms with E-state index >= 15 is 0 Å². The van der Waals surface area contributed by atoms with Crippen LogP contribution in [0.4, 0.5) is 0 Å². The summed E-state index contributed by atoms with van der Waals surface area (Å²) in [5.41, 5.74) is 0.665. The van der Waals surface area contributed by atoms with E-state index in [1.165, 1.54) is 18.9 Å². The minimum atomic E-state index is -0.394.